The number of aryl methyl sites for hydroxylation is 2. The van der Waals surface area contributed by atoms with Gasteiger partial charge < -0.3 is 14.0 Å². The molecule has 1 atom stereocenters. The Balaban J connectivity index is 1.74. The van der Waals surface area contributed by atoms with Crippen LogP contribution in [0.3, 0.4) is 0 Å². The van der Waals surface area contributed by atoms with Gasteiger partial charge in [0, 0.05) is 12.6 Å². The smallest absolute Gasteiger partial charge is 0.230 e. The van der Waals surface area contributed by atoms with Gasteiger partial charge in [0.05, 0.1) is 24.7 Å². The molecule has 7 heteroatoms. The lowest BCUT2D eigenvalue weighted by atomic mass is 10.2. The van der Waals surface area contributed by atoms with E-state index in [1.807, 2.05) is 13.8 Å². The molecule has 0 saturated carbocycles. The van der Waals surface area contributed by atoms with Gasteiger partial charge in [-0.25, -0.2) is 0 Å². The minimum absolute atomic E-state index is 0.0277. The van der Waals surface area contributed by atoms with Crippen molar-refractivity contribution in [2.24, 2.45) is 0 Å². The second-order valence-electron chi connectivity index (χ2n) is 5.27. The van der Waals surface area contributed by atoms with E-state index in [2.05, 4.69) is 26.8 Å². The normalized spacial score (nSPS) is 18.1. The van der Waals surface area contributed by atoms with Crippen molar-refractivity contribution in [1.82, 2.24) is 24.8 Å². The molecule has 1 amide bonds. The maximum atomic E-state index is 12.3. The lowest BCUT2D eigenvalue weighted by Crippen LogP contribution is -2.41. The first kappa shape index (κ1) is 12.8. The molecular weight excluding hydrogens is 258 g/mol. The van der Waals surface area contributed by atoms with Crippen molar-refractivity contribution in [1.29, 1.82) is 0 Å². The third-order valence-electron chi connectivity index (χ3n) is 3.55. The highest BCUT2D eigenvalue weighted by Gasteiger charge is 2.28. The van der Waals surface area contributed by atoms with Gasteiger partial charge in [-0.05, 0) is 20.8 Å². The van der Waals surface area contributed by atoms with Crippen LogP contribution in [0.4, 0.5) is 0 Å². The first-order chi connectivity index (χ1) is 9.54. The van der Waals surface area contributed by atoms with Gasteiger partial charge in [-0.2, -0.15) is 0 Å². The molecule has 3 rings (SSSR count). The van der Waals surface area contributed by atoms with Gasteiger partial charge in [0.15, 0.2) is 5.82 Å². The average molecular weight is 275 g/mol. The van der Waals surface area contributed by atoms with Crippen LogP contribution < -0.4 is 0 Å². The molecule has 1 aliphatic rings. The predicted molar refractivity (Wildman–Crippen MR) is 69.8 cm³/mol. The van der Waals surface area contributed by atoms with E-state index in [1.165, 1.54) is 0 Å². The summed E-state index contributed by atoms with van der Waals surface area (Å²) in [6, 6.07) is 1.98. The fourth-order valence-electron chi connectivity index (χ4n) is 2.68. The third kappa shape index (κ3) is 2.19. The number of fused-ring (bicyclic) bond motifs is 1. The monoisotopic (exact) mass is 275 g/mol. The Morgan fingerprint density at radius 2 is 2.25 bits per heavy atom. The fourth-order valence-corrected chi connectivity index (χ4v) is 2.68. The molecular formula is C13H17N5O2. The maximum absolute atomic E-state index is 12.3. The zero-order valence-electron chi connectivity index (χ0n) is 11.8. The Labute approximate surface area is 116 Å². The number of nitrogens with zero attached hydrogens (tertiary/aromatic N) is 5. The standard InChI is InChI=1S/C13H17N5O2/c1-8-4-11(20-16-8)5-13(19)17-6-9(2)18-10(3)14-15-12(18)7-17/h4,9H,5-7H2,1-3H3/t9-/m1/s1. The highest BCUT2D eigenvalue weighted by atomic mass is 16.5. The first-order valence-corrected chi connectivity index (χ1v) is 6.65. The summed E-state index contributed by atoms with van der Waals surface area (Å²) in [7, 11) is 0. The summed E-state index contributed by atoms with van der Waals surface area (Å²) in [5.41, 5.74) is 0.787. The van der Waals surface area contributed by atoms with Crippen LogP contribution >= 0.6 is 0 Å². The lowest BCUT2D eigenvalue weighted by molar-refractivity contribution is -0.132. The minimum Gasteiger partial charge on any atom is -0.361 e. The van der Waals surface area contributed by atoms with E-state index in [0.29, 0.717) is 18.8 Å². The molecule has 2 aromatic heterocycles. The Morgan fingerprint density at radius 1 is 1.45 bits per heavy atom. The number of hydrogen-bond acceptors (Lipinski definition) is 5. The minimum atomic E-state index is 0.0277. The Bertz CT molecular complexity index is 645. The van der Waals surface area contributed by atoms with Crippen molar-refractivity contribution in [3.63, 3.8) is 0 Å². The second-order valence-corrected chi connectivity index (χ2v) is 5.27. The van der Waals surface area contributed by atoms with Crippen molar-refractivity contribution >= 4 is 5.91 Å². The number of amides is 1. The number of hydrogen-bond donors (Lipinski definition) is 0. The van der Waals surface area contributed by atoms with Gasteiger partial charge in [-0.3, -0.25) is 4.79 Å². The molecule has 0 radical (unpaired) electrons. The second kappa shape index (κ2) is 4.73. The van der Waals surface area contributed by atoms with Crippen LogP contribution in [-0.4, -0.2) is 37.3 Å². The van der Waals surface area contributed by atoms with Gasteiger partial charge >= 0.3 is 0 Å². The third-order valence-corrected chi connectivity index (χ3v) is 3.55. The summed E-state index contributed by atoms with van der Waals surface area (Å²) in [4.78, 5) is 14.1. The van der Waals surface area contributed by atoms with Gasteiger partial charge in [-0.15, -0.1) is 10.2 Å². The molecule has 0 aliphatic carbocycles. The summed E-state index contributed by atoms with van der Waals surface area (Å²) in [6.07, 6.45) is 0.237. The van der Waals surface area contributed by atoms with E-state index in [9.17, 15) is 4.79 Å². The molecule has 0 unspecified atom stereocenters. The zero-order valence-corrected chi connectivity index (χ0v) is 11.8. The van der Waals surface area contributed by atoms with Crippen LogP contribution in [0.25, 0.3) is 0 Å². The number of rotatable bonds is 2. The Morgan fingerprint density at radius 3 is 2.95 bits per heavy atom. The number of carbonyl (C=O) groups excluding carboxylic acids is 1. The molecule has 0 bridgehead atoms. The van der Waals surface area contributed by atoms with E-state index < -0.39 is 0 Å². The van der Waals surface area contributed by atoms with Crippen molar-refractivity contribution in [2.75, 3.05) is 6.54 Å². The largest absolute Gasteiger partial charge is 0.361 e. The number of aromatic nitrogens is 4. The van der Waals surface area contributed by atoms with Crippen LogP contribution in [0.1, 0.15) is 36.1 Å². The highest BCUT2D eigenvalue weighted by molar-refractivity contribution is 5.78. The predicted octanol–water partition coefficient (Wildman–Crippen LogP) is 1.03. The summed E-state index contributed by atoms with van der Waals surface area (Å²) >= 11 is 0. The molecule has 0 fully saturated rings. The summed E-state index contributed by atoms with van der Waals surface area (Å²) in [6.45, 7) is 7.00. The Kier molecular flexibility index (Phi) is 3.04. The van der Waals surface area contributed by atoms with Crippen LogP contribution in [-0.2, 0) is 17.8 Å². The Hall–Kier alpha value is -2.18. The van der Waals surface area contributed by atoms with Gasteiger partial charge in [-0.1, -0.05) is 5.16 Å². The molecule has 1 aliphatic heterocycles. The molecule has 20 heavy (non-hydrogen) atoms. The molecule has 2 aromatic rings. The van der Waals surface area contributed by atoms with Crippen LogP contribution in [0.5, 0.6) is 0 Å². The summed E-state index contributed by atoms with van der Waals surface area (Å²) in [5, 5.41) is 12.0. The van der Waals surface area contributed by atoms with Crippen LogP contribution in [0, 0.1) is 13.8 Å². The van der Waals surface area contributed by atoms with Crippen molar-refractivity contribution in [3.8, 4) is 0 Å². The topological polar surface area (TPSA) is 77.0 Å². The molecule has 0 N–H and O–H groups in total. The van der Waals surface area contributed by atoms with E-state index in [-0.39, 0.29) is 18.4 Å². The van der Waals surface area contributed by atoms with Gasteiger partial charge in [0.25, 0.3) is 0 Å². The van der Waals surface area contributed by atoms with Gasteiger partial charge in [0.1, 0.15) is 11.6 Å². The SMILES string of the molecule is Cc1cc(CC(=O)N2Cc3nnc(C)n3[C@H](C)C2)on1. The number of carbonyl (C=O) groups is 1. The highest BCUT2D eigenvalue weighted by Crippen LogP contribution is 2.21. The van der Waals surface area contributed by atoms with E-state index in [0.717, 1.165) is 17.3 Å². The molecule has 0 spiro atoms. The van der Waals surface area contributed by atoms with Gasteiger partial charge in [0.2, 0.25) is 5.91 Å². The zero-order chi connectivity index (χ0) is 14.3. The lowest BCUT2D eigenvalue weighted by Gasteiger charge is -2.32. The molecule has 7 nitrogen and oxygen atoms in total. The molecule has 3 heterocycles. The summed E-state index contributed by atoms with van der Waals surface area (Å²) in [5.74, 6) is 2.36. The summed E-state index contributed by atoms with van der Waals surface area (Å²) < 4.78 is 7.18. The quantitative estimate of drug-likeness (QED) is 0.818. The van der Waals surface area contributed by atoms with E-state index in [4.69, 9.17) is 4.52 Å². The molecule has 106 valence electrons. The first-order valence-electron chi connectivity index (χ1n) is 6.65. The van der Waals surface area contributed by atoms with E-state index >= 15 is 0 Å². The molecule has 0 saturated heterocycles. The maximum Gasteiger partial charge on any atom is 0.230 e. The molecule has 0 aromatic carbocycles. The van der Waals surface area contributed by atoms with E-state index in [1.54, 1.807) is 11.0 Å². The van der Waals surface area contributed by atoms with Crippen molar-refractivity contribution in [3.05, 3.63) is 29.2 Å². The fraction of sp³-hybridized carbons (Fsp3) is 0.538. The van der Waals surface area contributed by atoms with Crippen molar-refractivity contribution < 1.29 is 9.32 Å². The average Bonchev–Trinajstić information content (AvgIpc) is 2.96. The van der Waals surface area contributed by atoms with Crippen LogP contribution in [0.15, 0.2) is 10.6 Å². The van der Waals surface area contributed by atoms with Crippen molar-refractivity contribution in [2.45, 2.75) is 39.8 Å². The van der Waals surface area contributed by atoms with Crippen LogP contribution in [0.2, 0.25) is 0 Å².